The summed E-state index contributed by atoms with van der Waals surface area (Å²) in [4.78, 5) is 10.7. The molecule has 2 saturated heterocycles. The zero-order valence-electron chi connectivity index (χ0n) is 12.1. The molecule has 0 radical (unpaired) electrons. The van der Waals surface area contributed by atoms with E-state index in [-0.39, 0.29) is 6.61 Å². The molecule has 2 fully saturated rings. The van der Waals surface area contributed by atoms with Crippen LogP contribution in [0.3, 0.4) is 0 Å². The van der Waals surface area contributed by atoms with E-state index in [0.29, 0.717) is 6.41 Å². The second-order valence-electron chi connectivity index (χ2n) is 5.26. The Morgan fingerprint density at radius 1 is 1.32 bits per heavy atom. The van der Waals surface area contributed by atoms with Crippen molar-refractivity contribution in [1.82, 2.24) is 5.32 Å². The molecule has 1 unspecified atom stereocenters. The number of rotatable bonds is 4. The molecule has 1 aromatic carbocycles. The maximum atomic E-state index is 10.7. The first-order valence-corrected chi connectivity index (χ1v) is 7.12. The molecular weight excluding hydrogens is 290 g/mol. The first kappa shape index (κ1) is 15.4. The van der Waals surface area contributed by atoms with Gasteiger partial charge in [0.1, 0.15) is 24.4 Å². The van der Waals surface area contributed by atoms with Crippen LogP contribution in [0, 0.1) is 0 Å². The third-order valence-electron chi connectivity index (χ3n) is 3.93. The van der Waals surface area contributed by atoms with Crippen LogP contribution in [0.2, 0.25) is 0 Å². The fraction of sp³-hybridized carbons (Fsp3) is 0.533. The van der Waals surface area contributed by atoms with Crippen molar-refractivity contribution in [3.8, 4) is 0 Å². The lowest BCUT2D eigenvalue weighted by molar-refractivity contribution is -0.341. The van der Waals surface area contributed by atoms with Gasteiger partial charge in [-0.15, -0.1) is 0 Å². The number of methoxy groups -OCH3 is 1. The molecule has 1 aromatic rings. The van der Waals surface area contributed by atoms with Crippen molar-refractivity contribution in [3.63, 3.8) is 0 Å². The van der Waals surface area contributed by atoms with Crippen LogP contribution in [0.4, 0.5) is 0 Å². The minimum absolute atomic E-state index is 0.273. The fourth-order valence-corrected chi connectivity index (χ4v) is 2.83. The molecular formula is C15H19NO6. The average molecular weight is 309 g/mol. The molecule has 2 aliphatic rings. The summed E-state index contributed by atoms with van der Waals surface area (Å²) in [5.41, 5.74) is 0.863. The van der Waals surface area contributed by atoms with E-state index in [0.717, 1.165) is 5.56 Å². The van der Waals surface area contributed by atoms with Crippen molar-refractivity contribution in [2.24, 2.45) is 0 Å². The van der Waals surface area contributed by atoms with Crippen molar-refractivity contribution >= 4 is 6.41 Å². The van der Waals surface area contributed by atoms with E-state index < -0.39 is 36.9 Å². The van der Waals surface area contributed by atoms with Crippen molar-refractivity contribution in [3.05, 3.63) is 35.9 Å². The van der Waals surface area contributed by atoms with Crippen LogP contribution in [0.15, 0.2) is 30.3 Å². The van der Waals surface area contributed by atoms with Crippen molar-refractivity contribution in [1.29, 1.82) is 0 Å². The highest BCUT2D eigenvalue weighted by Crippen LogP contribution is 2.34. The zero-order chi connectivity index (χ0) is 15.5. The summed E-state index contributed by atoms with van der Waals surface area (Å²) in [5, 5.41) is 13.0. The van der Waals surface area contributed by atoms with Crippen molar-refractivity contribution < 1.29 is 28.8 Å². The summed E-state index contributed by atoms with van der Waals surface area (Å²) >= 11 is 0. The van der Waals surface area contributed by atoms with Crippen LogP contribution >= 0.6 is 0 Å². The molecule has 0 aliphatic carbocycles. The average Bonchev–Trinajstić information content (AvgIpc) is 2.58. The number of fused-ring (bicyclic) bond motifs is 1. The highest BCUT2D eigenvalue weighted by molar-refractivity contribution is 5.47. The van der Waals surface area contributed by atoms with Crippen LogP contribution < -0.4 is 5.32 Å². The van der Waals surface area contributed by atoms with Crippen LogP contribution in [-0.4, -0.2) is 55.9 Å². The van der Waals surface area contributed by atoms with Gasteiger partial charge < -0.3 is 29.4 Å². The van der Waals surface area contributed by atoms with Gasteiger partial charge in [-0.2, -0.15) is 0 Å². The van der Waals surface area contributed by atoms with E-state index >= 15 is 0 Å². The standard InChI is InChI=1S/C15H19NO6/c1-19-15-11(16-8-17)12(18)13-10(21-15)7-20-14(22-13)9-5-3-2-4-6-9/h2-6,8,10-15,18H,7H2,1H3,(H,16,17)/t10-,11-,12-,13-,14?,15-/m1/s1. The molecule has 7 nitrogen and oxygen atoms in total. The van der Waals surface area contributed by atoms with E-state index in [9.17, 15) is 9.90 Å². The quantitative estimate of drug-likeness (QED) is 0.758. The molecule has 120 valence electrons. The van der Waals surface area contributed by atoms with Gasteiger partial charge in [-0.05, 0) is 0 Å². The van der Waals surface area contributed by atoms with Gasteiger partial charge >= 0.3 is 0 Å². The highest BCUT2D eigenvalue weighted by atomic mass is 16.7. The number of amides is 1. The van der Waals surface area contributed by atoms with Crippen LogP contribution in [0.25, 0.3) is 0 Å². The molecule has 1 amide bonds. The van der Waals surface area contributed by atoms with Gasteiger partial charge in [0, 0.05) is 12.7 Å². The lowest BCUT2D eigenvalue weighted by atomic mass is 9.96. The predicted octanol–water partition coefficient (Wildman–Crippen LogP) is -0.0526. The Morgan fingerprint density at radius 2 is 2.09 bits per heavy atom. The minimum Gasteiger partial charge on any atom is -0.388 e. The van der Waals surface area contributed by atoms with Gasteiger partial charge in [-0.1, -0.05) is 30.3 Å². The smallest absolute Gasteiger partial charge is 0.207 e. The predicted molar refractivity (Wildman–Crippen MR) is 74.7 cm³/mol. The normalized spacial score (nSPS) is 38.1. The molecule has 2 N–H and O–H groups in total. The molecule has 6 atom stereocenters. The largest absolute Gasteiger partial charge is 0.388 e. The summed E-state index contributed by atoms with van der Waals surface area (Å²) in [6.45, 7) is 0.273. The molecule has 3 rings (SSSR count). The number of aliphatic hydroxyl groups is 1. The van der Waals surface area contributed by atoms with Crippen LogP contribution in [0.5, 0.6) is 0 Å². The first-order valence-electron chi connectivity index (χ1n) is 7.12. The van der Waals surface area contributed by atoms with E-state index in [1.165, 1.54) is 7.11 Å². The maximum Gasteiger partial charge on any atom is 0.207 e. The van der Waals surface area contributed by atoms with Crippen molar-refractivity contribution in [2.45, 2.75) is 36.9 Å². The molecule has 2 heterocycles. The van der Waals surface area contributed by atoms with E-state index in [1.807, 2.05) is 30.3 Å². The van der Waals surface area contributed by atoms with Gasteiger partial charge in [0.05, 0.1) is 6.61 Å². The summed E-state index contributed by atoms with van der Waals surface area (Å²) < 4.78 is 22.4. The van der Waals surface area contributed by atoms with Crippen LogP contribution in [-0.2, 0) is 23.7 Å². The van der Waals surface area contributed by atoms with Gasteiger partial charge in [-0.3, -0.25) is 4.79 Å². The second-order valence-corrected chi connectivity index (χ2v) is 5.26. The SMILES string of the molecule is CO[C@@H]1O[C@@H]2COC(c3ccccc3)O[C@H]2[C@H](O)[C@H]1NC=O. The molecule has 0 bridgehead atoms. The van der Waals surface area contributed by atoms with E-state index in [4.69, 9.17) is 18.9 Å². The third-order valence-corrected chi connectivity index (χ3v) is 3.93. The zero-order valence-corrected chi connectivity index (χ0v) is 12.1. The van der Waals surface area contributed by atoms with Gasteiger partial charge in [0.15, 0.2) is 12.6 Å². The maximum absolute atomic E-state index is 10.7. The molecule has 0 spiro atoms. The third kappa shape index (κ3) is 2.86. The summed E-state index contributed by atoms with van der Waals surface area (Å²) in [5.74, 6) is 0. The monoisotopic (exact) mass is 309 g/mol. The Hall–Kier alpha value is -1.51. The highest BCUT2D eigenvalue weighted by Gasteiger charge is 2.49. The van der Waals surface area contributed by atoms with Gasteiger partial charge in [0.25, 0.3) is 0 Å². The van der Waals surface area contributed by atoms with Crippen LogP contribution in [0.1, 0.15) is 11.9 Å². The number of carbonyl (C=O) groups is 1. The number of aliphatic hydroxyl groups excluding tert-OH is 1. The fourth-order valence-electron chi connectivity index (χ4n) is 2.83. The molecule has 0 aromatic heterocycles. The Balaban J connectivity index is 1.76. The number of hydrogen-bond acceptors (Lipinski definition) is 6. The molecule has 0 saturated carbocycles. The first-order chi connectivity index (χ1) is 10.7. The second kappa shape index (κ2) is 6.72. The van der Waals surface area contributed by atoms with E-state index in [1.54, 1.807) is 0 Å². The minimum atomic E-state index is -0.955. The summed E-state index contributed by atoms with van der Waals surface area (Å²) in [6.07, 6.45) is -2.83. The summed E-state index contributed by atoms with van der Waals surface area (Å²) in [7, 11) is 1.45. The number of carbonyl (C=O) groups excluding carboxylic acids is 1. The number of benzene rings is 1. The number of hydrogen-bond donors (Lipinski definition) is 2. The Kier molecular flexibility index (Phi) is 4.70. The lowest BCUT2D eigenvalue weighted by Crippen LogP contribution is -2.65. The van der Waals surface area contributed by atoms with Gasteiger partial charge in [-0.25, -0.2) is 0 Å². The molecule has 2 aliphatic heterocycles. The van der Waals surface area contributed by atoms with E-state index in [2.05, 4.69) is 5.32 Å². The lowest BCUT2D eigenvalue weighted by Gasteiger charge is -2.47. The number of ether oxygens (including phenoxy) is 4. The van der Waals surface area contributed by atoms with Crippen molar-refractivity contribution in [2.75, 3.05) is 13.7 Å². The topological polar surface area (TPSA) is 86.2 Å². The Labute approximate surface area is 128 Å². The van der Waals surface area contributed by atoms with Gasteiger partial charge in [0.2, 0.25) is 6.41 Å². The molecule has 22 heavy (non-hydrogen) atoms. The Morgan fingerprint density at radius 3 is 2.77 bits per heavy atom. The summed E-state index contributed by atoms with van der Waals surface area (Å²) in [6, 6.07) is 8.76. The number of nitrogens with one attached hydrogen (secondary N) is 1. The molecule has 7 heteroatoms. The Bertz CT molecular complexity index is 498.